The summed E-state index contributed by atoms with van der Waals surface area (Å²) in [6.45, 7) is 2.04. The molecule has 2 aromatic heterocycles. The van der Waals surface area contributed by atoms with Gasteiger partial charge in [-0.2, -0.15) is 0 Å². The molecule has 3 aromatic rings. The number of imidazole rings is 1. The lowest BCUT2D eigenvalue weighted by Gasteiger charge is -2.16. The highest BCUT2D eigenvalue weighted by Crippen LogP contribution is 2.43. The Labute approximate surface area is 213 Å². The Kier molecular flexibility index (Phi) is 10.8. The standard InChI is InChI=1S/C23H31N4O9P/c1-2-3-8-20-26-21-22(18-6-4-5-7-19(18)25-23(21)24)27(20)9-10-35-37(30,31)36-12-11-32-13-17(34-16-29)14-33-15-28/h4-7,15-17H,2-3,8-14H2,1H3,(H2,24,25)(H,30,31)/t17-/m0/s1. The van der Waals surface area contributed by atoms with Crippen molar-refractivity contribution in [3.8, 4) is 0 Å². The van der Waals surface area contributed by atoms with Gasteiger partial charge >= 0.3 is 7.82 Å². The molecule has 0 aliphatic rings. The van der Waals surface area contributed by atoms with E-state index in [1.54, 1.807) is 0 Å². The summed E-state index contributed by atoms with van der Waals surface area (Å²) in [6.07, 6.45) is 1.79. The van der Waals surface area contributed by atoms with Gasteiger partial charge in [0, 0.05) is 18.4 Å². The number of nitrogens with zero attached hydrogens (tertiary/aromatic N) is 3. The number of nitrogen functional groups attached to an aromatic ring is 1. The summed E-state index contributed by atoms with van der Waals surface area (Å²) in [4.78, 5) is 39.9. The number of aromatic nitrogens is 3. The number of rotatable bonds is 18. The first-order valence-electron chi connectivity index (χ1n) is 11.8. The number of phosphoric ester groups is 1. The molecule has 2 atom stereocenters. The quantitative estimate of drug-likeness (QED) is 0.138. The molecule has 37 heavy (non-hydrogen) atoms. The predicted molar refractivity (Wildman–Crippen MR) is 134 cm³/mol. The Morgan fingerprint density at radius 3 is 2.65 bits per heavy atom. The number of fused-ring (bicyclic) bond motifs is 3. The van der Waals surface area contributed by atoms with Crippen LogP contribution in [0, 0.1) is 0 Å². The minimum atomic E-state index is -4.37. The molecule has 0 amide bonds. The minimum absolute atomic E-state index is 0.0840. The molecule has 3 rings (SSSR count). The predicted octanol–water partition coefficient (Wildman–Crippen LogP) is 2.37. The molecular weight excluding hydrogens is 507 g/mol. The highest BCUT2D eigenvalue weighted by Gasteiger charge is 2.22. The lowest BCUT2D eigenvalue weighted by Crippen LogP contribution is -2.26. The van der Waals surface area contributed by atoms with Gasteiger partial charge in [-0.15, -0.1) is 0 Å². The molecule has 1 unspecified atom stereocenters. The van der Waals surface area contributed by atoms with Crippen LogP contribution in [0.15, 0.2) is 24.3 Å². The molecular formula is C23H31N4O9P. The Hall–Kier alpha value is -3.09. The third-order valence-electron chi connectivity index (χ3n) is 5.40. The summed E-state index contributed by atoms with van der Waals surface area (Å²) < 4.78 is 38.9. The van der Waals surface area contributed by atoms with Crippen LogP contribution >= 0.6 is 7.82 Å². The maximum atomic E-state index is 12.3. The number of aryl methyl sites for hydroxylation is 1. The first-order valence-corrected chi connectivity index (χ1v) is 13.3. The van der Waals surface area contributed by atoms with Gasteiger partial charge in [0.1, 0.15) is 17.9 Å². The van der Waals surface area contributed by atoms with Crippen molar-refractivity contribution in [2.24, 2.45) is 0 Å². The van der Waals surface area contributed by atoms with Crippen LogP contribution in [0.3, 0.4) is 0 Å². The Morgan fingerprint density at radius 1 is 1.11 bits per heavy atom. The van der Waals surface area contributed by atoms with Crippen LogP contribution in [0.1, 0.15) is 25.6 Å². The highest BCUT2D eigenvalue weighted by atomic mass is 31.2. The van der Waals surface area contributed by atoms with Gasteiger partial charge in [-0.1, -0.05) is 31.5 Å². The fourth-order valence-corrected chi connectivity index (χ4v) is 4.43. The number of benzene rings is 1. The zero-order valence-electron chi connectivity index (χ0n) is 20.5. The number of nitrogens with two attached hydrogens (primary N) is 1. The van der Waals surface area contributed by atoms with E-state index in [0.717, 1.165) is 35.1 Å². The molecule has 0 bridgehead atoms. The number of hydrogen-bond donors (Lipinski definition) is 2. The maximum Gasteiger partial charge on any atom is 0.472 e. The molecule has 0 radical (unpaired) electrons. The fraction of sp³-hybridized carbons (Fsp3) is 0.478. The first-order chi connectivity index (χ1) is 17.9. The number of para-hydroxylation sites is 1. The van der Waals surface area contributed by atoms with Gasteiger partial charge in [-0.25, -0.2) is 14.5 Å². The molecule has 2 heterocycles. The van der Waals surface area contributed by atoms with E-state index in [0.29, 0.717) is 17.8 Å². The number of phosphoric acid groups is 1. The number of carbonyl (C=O) groups is 2. The zero-order chi connectivity index (χ0) is 26.7. The second-order valence-corrected chi connectivity index (χ2v) is 9.44. The molecule has 0 aliphatic heterocycles. The molecule has 14 heteroatoms. The monoisotopic (exact) mass is 538 g/mol. The van der Waals surface area contributed by atoms with E-state index in [1.165, 1.54) is 0 Å². The summed E-state index contributed by atoms with van der Waals surface area (Å²) >= 11 is 0. The van der Waals surface area contributed by atoms with E-state index in [9.17, 15) is 19.0 Å². The number of anilines is 1. The van der Waals surface area contributed by atoms with Crippen molar-refractivity contribution >= 4 is 48.5 Å². The Morgan fingerprint density at radius 2 is 1.89 bits per heavy atom. The van der Waals surface area contributed by atoms with Crippen LogP contribution < -0.4 is 5.73 Å². The van der Waals surface area contributed by atoms with Crippen molar-refractivity contribution in [1.29, 1.82) is 0 Å². The minimum Gasteiger partial charge on any atom is -0.464 e. The van der Waals surface area contributed by atoms with Crippen molar-refractivity contribution in [3.05, 3.63) is 30.1 Å². The molecule has 0 saturated carbocycles. The summed E-state index contributed by atoms with van der Waals surface area (Å²) in [6, 6.07) is 7.58. The van der Waals surface area contributed by atoms with Gasteiger partial charge < -0.3 is 29.4 Å². The largest absolute Gasteiger partial charge is 0.472 e. The van der Waals surface area contributed by atoms with Crippen LogP contribution in [0.2, 0.25) is 0 Å². The zero-order valence-corrected chi connectivity index (χ0v) is 21.4. The van der Waals surface area contributed by atoms with E-state index in [1.807, 2.05) is 28.8 Å². The summed E-state index contributed by atoms with van der Waals surface area (Å²) in [5.74, 6) is 1.11. The highest BCUT2D eigenvalue weighted by molar-refractivity contribution is 7.47. The third kappa shape index (κ3) is 7.94. The normalized spacial score (nSPS) is 13.9. The van der Waals surface area contributed by atoms with Crippen molar-refractivity contribution in [3.63, 3.8) is 0 Å². The molecule has 13 nitrogen and oxygen atoms in total. The van der Waals surface area contributed by atoms with Crippen molar-refractivity contribution in [2.45, 2.75) is 38.8 Å². The van der Waals surface area contributed by atoms with E-state index >= 15 is 0 Å². The molecule has 3 N–H and O–H groups in total. The van der Waals surface area contributed by atoms with Gasteiger partial charge in [0.2, 0.25) is 0 Å². The number of ether oxygens (including phenoxy) is 3. The van der Waals surface area contributed by atoms with Gasteiger partial charge in [-0.3, -0.25) is 18.6 Å². The van der Waals surface area contributed by atoms with Crippen LogP contribution in [-0.2, 0) is 50.4 Å². The molecule has 0 spiro atoms. The van der Waals surface area contributed by atoms with E-state index in [-0.39, 0.29) is 52.5 Å². The second-order valence-electron chi connectivity index (χ2n) is 7.99. The van der Waals surface area contributed by atoms with E-state index < -0.39 is 13.9 Å². The number of carbonyl (C=O) groups excluding carboxylic acids is 2. The van der Waals surface area contributed by atoms with Gasteiger partial charge in [0.15, 0.2) is 11.9 Å². The number of unbranched alkanes of at least 4 members (excludes halogenated alkanes) is 1. The number of hydrogen-bond acceptors (Lipinski definition) is 11. The Balaban J connectivity index is 1.60. The molecule has 0 aliphatic carbocycles. The van der Waals surface area contributed by atoms with Crippen LogP contribution in [0.4, 0.5) is 5.82 Å². The summed E-state index contributed by atoms with van der Waals surface area (Å²) in [5.41, 5.74) is 8.30. The summed E-state index contributed by atoms with van der Waals surface area (Å²) in [7, 11) is -4.37. The second kappa shape index (κ2) is 14.0. The van der Waals surface area contributed by atoms with Crippen molar-refractivity contribution < 1.29 is 42.3 Å². The van der Waals surface area contributed by atoms with Crippen molar-refractivity contribution in [2.75, 3.05) is 38.8 Å². The lowest BCUT2D eigenvalue weighted by molar-refractivity contribution is -0.146. The fourth-order valence-electron chi connectivity index (χ4n) is 3.73. The van der Waals surface area contributed by atoms with Gasteiger partial charge in [-0.05, 0) is 12.5 Å². The average Bonchev–Trinajstić information content (AvgIpc) is 3.25. The van der Waals surface area contributed by atoms with E-state index in [2.05, 4.69) is 16.6 Å². The third-order valence-corrected chi connectivity index (χ3v) is 6.41. The van der Waals surface area contributed by atoms with Gasteiger partial charge in [0.25, 0.3) is 12.9 Å². The van der Waals surface area contributed by atoms with Crippen LogP contribution in [-0.4, -0.2) is 71.5 Å². The first kappa shape index (κ1) is 28.5. The Bertz CT molecular complexity index is 1240. The lowest BCUT2D eigenvalue weighted by atomic mass is 10.2. The van der Waals surface area contributed by atoms with Crippen LogP contribution in [0.5, 0.6) is 0 Å². The van der Waals surface area contributed by atoms with E-state index in [4.69, 9.17) is 29.2 Å². The van der Waals surface area contributed by atoms with Crippen molar-refractivity contribution in [1.82, 2.24) is 14.5 Å². The molecule has 1 aromatic carbocycles. The molecule has 0 fully saturated rings. The maximum absolute atomic E-state index is 12.3. The van der Waals surface area contributed by atoms with Crippen LogP contribution in [0.25, 0.3) is 21.9 Å². The average molecular weight is 538 g/mol. The molecule has 202 valence electrons. The summed E-state index contributed by atoms with van der Waals surface area (Å²) in [5, 5.41) is 0.873. The smallest absolute Gasteiger partial charge is 0.464 e. The van der Waals surface area contributed by atoms with Gasteiger partial charge in [0.05, 0.1) is 37.5 Å². The topological polar surface area (TPSA) is 174 Å². The number of pyridine rings is 1. The molecule has 0 saturated heterocycles. The SMILES string of the molecule is CCCCc1nc2c(N)nc3ccccc3c2n1CCOP(=O)(O)OCCOC[C@@H](COC=O)OC=O.